The van der Waals surface area contributed by atoms with Crippen LogP contribution >= 0.6 is 11.8 Å². The molecule has 0 aliphatic rings. The number of hydrogen-bond donors (Lipinski definition) is 0. The molecule has 0 aliphatic heterocycles. The Kier molecular flexibility index (Phi) is 3.08. The van der Waals surface area contributed by atoms with Gasteiger partial charge < -0.3 is 0 Å². The fourth-order valence-corrected chi connectivity index (χ4v) is 1.70. The Hall–Kier alpha value is -1.42. The minimum atomic E-state index is 0.790. The minimum absolute atomic E-state index is 0.790. The number of pyridine rings is 1. The molecule has 0 aromatic carbocycles. The Morgan fingerprint density at radius 3 is 2.43 bits per heavy atom. The van der Waals surface area contributed by atoms with Crippen molar-refractivity contribution in [3.8, 4) is 0 Å². The lowest BCUT2D eigenvalue weighted by Crippen LogP contribution is -1.87. The van der Waals surface area contributed by atoms with E-state index in [0.29, 0.717) is 0 Å². The molecule has 0 atom stereocenters. The van der Waals surface area contributed by atoms with Crippen molar-refractivity contribution in [2.45, 2.75) is 10.9 Å². The molecule has 2 heterocycles. The molecule has 0 fully saturated rings. The topological polar surface area (TPSA) is 38.7 Å². The third-order valence-electron chi connectivity index (χ3n) is 1.62. The van der Waals surface area contributed by atoms with E-state index in [2.05, 4.69) is 15.0 Å². The van der Waals surface area contributed by atoms with Gasteiger partial charge in [0.15, 0.2) is 5.16 Å². The van der Waals surface area contributed by atoms with Crippen molar-refractivity contribution < 1.29 is 0 Å². The molecule has 0 saturated carbocycles. The Bertz CT molecular complexity index is 338. The Balaban J connectivity index is 1.96. The molecule has 0 unspecified atom stereocenters. The molecule has 0 N–H and O–H groups in total. The second-order valence-electron chi connectivity index (χ2n) is 2.64. The number of hydrogen-bond acceptors (Lipinski definition) is 4. The maximum absolute atomic E-state index is 4.22. The quantitative estimate of drug-likeness (QED) is 0.566. The minimum Gasteiger partial charge on any atom is -0.260 e. The van der Waals surface area contributed by atoms with E-state index in [1.165, 1.54) is 0 Å². The molecule has 0 amide bonds. The summed E-state index contributed by atoms with van der Waals surface area (Å²) >= 11 is 1.59. The van der Waals surface area contributed by atoms with Gasteiger partial charge in [0.25, 0.3) is 0 Å². The molecular weight excluding hydrogens is 194 g/mol. The average molecular weight is 203 g/mol. The van der Waals surface area contributed by atoms with E-state index in [0.717, 1.165) is 16.6 Å². The van der Waals surface area contributed by atoms with Gasteiger partial charge in [0.2, 0.25) is 0 Å². The van der Waals surface area contributed by atoms with E-state index < -0.39 is 0 Å². The summed E-state index contributed by atoms with van der Waals surface area (Å²) in [6.07, 6.45) is 5.28. The zero-order valence-electron chi connectivity index (χ0n) is 7.50. The molecule has 14 heavy (non-hydrogen) atoms. The summed E-state index contributed by atoms with van der Waals surface area (Å²) in [4.78, 5) is 12.5. The highest BCUT2D eigenvalue weighted by molar-refractivity contribution is 7.98. The summed E-state index contributed by atoms with van der Waals surface area (Å²) in [5.74, 6) is 0.810. The molecule has 4 heteroatoms. The molecule has 0 aliphatic carbocycles. The third kappa shape index (κ3) is 2.53. The molecule has 2 rings (SSSR count). The largest absolute Gasteiger partial charge is 0.260 e. The summed E-state index contributed by atoms with van der Waals surface area (Å²) in [7, 11) is 0. The predicted octanol–water partition coefficient (Wildman–Crippen LogP) is 2.16. The van der Waals surface area contributed by atoms with E-state index in [9.17, 15) is 0 Å². The van der Waals surface area contributed by atoms with Gasteiger partial charge >= 0.3 is 0 Å². The second-order valence-corrected chi connectivity index (χ2v) is 3.58. The molecule has 0 bridgehead atoms. The van der Waals surface area contributed by atoms with Crippen LogP contribution in [0.1, 0.15) is 5.69 Å². The van der Waals surface area contributed by atoms with Gasteiger partial charge in [-0.2, -0.15) is 0 Å². The van der Waals surface area contributed by atoms with Crippen molar-refractivity contribution in [2.24, 2.45) is 0 Å². The van der Waals surface area contributed by atoms with Crippen LogP contribution in [0.25, 0.3) is 0 Å². The first-order valence-electron chi connectivity index (χ1n) is 4.25. The zero-order valence-corrected chi connectivity index (χ0v) is 8.31. The number of nitrogens with zero attached hydrogens (tertiary/aromatic N) is 3. The van der Waals surface area contributed by atoms with Crippen LogP contribution in [0.4, 0.5) is 0 Å². The highest BCUT2D eigenvalue weighted by atomic mass is 32.2. The van der Waals surface area contributed by atoms with Crippen LogP contribution in [0.3, 0.4) is 0 Å². The van der Waals surface area contributed by atoms with Gasteiger partial charge in [-0.1, -0.05) is 17.8 Å². The number of aromatic nitrogens is 3. The lowest BCUT2D eigenvalue weighted by atomic mass is 10.4. The summed E-state index contributed by atoms with van der Waals surface area (Å²) in [6, 6.07) is 7.70. The lowest BCUT2D eigenvalue weighted by Gasteiger charge is -1.98. The maximum atomic E-state index is 4.22. The standard InChI is InChI=1S/C10H9N3S/c1-2-5-11-9(4-1)8-14-10-12-6-3-7-13-10/h1-7H,8H2. The number of thioether (sulfide) groups is 1. The molecule has 70 valence electrons. The fourth-order valence-electron chi connectivity index (χ4n) is 0.982. The smallest absolute Gasteiger partial charge is 0.187 e. The van der Waals surface area contributed by atoms with Gasteiger partial charge in [0, 0.05) is 24.3 Å². The van der Waals surface area contributed by atoms with Crippen LogP contribution < -0.4 is 0 Å². The zero-order chi connectivity index (χ0) is 9.64. The monoisotopic (exact) mass is 203 g/mol. The molecule has 2 aromatic rings. The van der Waals surface area contributed by atoms with Crippen LogP contribution in [-0.4, -0.2) is 15.0 Å². The first-order valence-corrected chi connectivity index (χ1v) is 5.23. The van der Waals surface area contributed by atoms with E-state index >= 15 is 0 Å². The molecule has 0 spiro atoms. The van der Waals surface area contributed by atoms with Gasteiger partial charge in [-0.3, -0.25) is 4.98 Å². The highest BCUT2D eigenvalue weighted by Gasteiger charge is 1.97. The number of rotatable bonds is 3. The van der Waals surface area contributed by atoms with Gasteiger partial charge in [-0.15, -0.1) is 0 Å². The van der Waals surface area contributed by atoms with Crippen molar-refractivity contribution in [2.75, 3.05) is 0 Å². The fraction of sp³-hybridized carbons (Fsp3) is 0.100. The molecule has 2 aromatic heterocycles. The summed E-state index contributed by atoms with van der Waals surface area (Å²) < 4.78 is 0. The Morgan fingerprint density at radius 1 is 0.929 bits per heavy atom. The van der Waals surface area contributed by atoms with E-state index in [-0.39, 0.29) is 0 Å². The normalized spacial score (nSPS) is 10.0. The lowest BCUT2D eigenvalue weighted by molar-refractivity contribution is 0.964. The SMILES string of the molecule is c1ccc(CSc2ncccn2)nc1. The first-order chi connectivity index (χ1) is 6.95. The van der Waals surface area contributed by atoms with Crippen LogP contribution in [0.5, 0.6) is 0 Å². The molecular formula is C10H9N3S. The second kappa shape index (κ2) is 4.72. The van der Waals surface area contributed by atoms with Crippen molar-refractivity contribution >= 4 is 11.8 Å². The summed E-state index contributed by atoms with van der Waals surface area (Å²) in [6.45, 7) is 0. The van der Waals surface area contributed by atoms with E-state index in [1.54, 1.807) is 30.4 Å². The third-order valence-corrected chi connectivity index (χ3v) is 2.53. The van der Waals surface area contributed by atoms with Gasteiger partial charge in [0.1, 0.15) is 0 Å². The van der Waals surface area contributed by atoms with E-state index in [1.807, 2.05) is 24.3 Å². The van der Waals surface area contributed by atoms with Crippen LogP contribution in [0.15, 0.2) is 48.0 Å². The summed E-state index contributed by atoms with van der Waals surface area (Å²) in [5, 5.41) is 0.790. The molecule has 0 saturated heterocycles. The molecule has 3 nitrogen and oxygen atoms in total. The molecule has 0 radical (unpaired) electrons. The van der Waals surface area contributed by atoms with Gasteiger partial charge in [-0.05, 0) is 18.2 Å². The van der Waals surface area contributed by atoms with Crippen LogP contribution in [0, 0.1) is 0 Å². The Labute approximate surface area is 86.6 Å². The van der Waals surface area contributed by atoms with Crippen molar-refractivity contribution in [1.82, 2.24) is 15.0 Å². The predicted molar refractivity (Wildman–Crippen MR) is 55.8 cm³/mol. The first kappa shape index (κ1) is 9.15. The van der Waals surface area contributed by atoms with Crippen LogP contribution in [0.2, 0.25) is 0 Å². The van der Waals surface area contributed by atoms with Crippen molar-refractivity contribution in [3.63, 3.8) is 0 Å². The maximum Gasteiger partial charge on any atom is 0.187 e. The van der Waals surface area contributed by atoms with Crippen molar-refractivity contribution in [3.05, 3.63) is 48.5 Å². The van der Waals surface area contributed by atoms with Gasteiger partial charge in [-0.25, -0.2) is 9.97 Å². The summed E-state index contributed by atoms with van der Waals surface area (Å²) in [5.41, 5.74) is 1.05. The van der Waals surface area contributed by atoms with Crippen molar-refractivity contribution in [1.29, 1.82) is 0 Å². The van der Waals surface area contributed by atoms with Gasteiger partial charge in [0.05, 0.1) is 5.69 Å². The van der Waals surface area contributed by atoms with E-state index in [4.69, 9.17) is 0 Å². The highest BCUT2D eigenvalue weighted by Crippen LogP contribution is 2.16. The van der Waals surface area contributed by atoms with Crippen LogP contribution in [-0.2, 0) is 5.75 Å². The Morgan fingerprint density at radius 2 is 1.71 bits per heavy atom. The average Bonchev–Trinajstić information content (AvgIpc) is 2.29.